The summed E-state index contributed by atoms with van der Waals surface area (Å²) in [6, 6.07) is 1.59. The third kappa shape index (κ3) is 3.61. The lowest BCUT2D eigenvalue weighted by Crippen LogP contribution is -2.35. The average molecular weight is 298 g/mol. The summed E-state index contributed by atoms with van der Waals surface area (Å²) in [6.45, 7) is 2.17. The molecule has 0 bridgehead atoms. The number of pyridine rings is 1. The summed E-state index contributed by atoms with van der Waals surface area (Å²) >= 11 is 5.93. The van der Waals surface area contributed by atoms with Crippen LogP contribution >= 0.6 is 11.6 Å². The van der Waals surface area contributed by atoms with E-state index in [1.807, 2.05) is 4.90 Å². The molecule has 5 nitrogen and oxygen atoms in total. The number of nitrogens with zero attached hydrogens (tertiary/aromatic N) is 2. The fourth-order valence-electron chi connectivity index (χ4n) is 2.53. The molecule has 2 heterocycles. The van der Waals surface area contributed by atoms with Gasteiger partial charge in [0.1, 0.15) is 5.82 Å². The molecule has 1 fully saturated rings. The Kier molecular flexibility index (Phi) is 5.20. The highest BCUT2D eigenvalue weighted by Crippen LogP contribution is 2.21. The van der Waals surface area contributed by atoms with Gasteiger partial charge in [0.2, 0.25) is 0 Å². The van der Waals surface area contributed by atoms with Crippen molar-refractivity contribution >= 4 is 23.3 Å². The van der Waals surface area contributed by atoms with Crippen molar-refractivity contribution in [1.29, 1.82) is 0 Å². The van der Waals surface area contributed by atoms with E-state index in [9.17, 15) is 4.79 Å². The summed E-state index contributed by atoms with van der Waals surface area (Å²) in [5.74, 6) is 0.599. The van der Waals surface area contributed by atoms with Gasteiger partial charge in [0.15, 0.2) is 0 Å². The normalized spacial score (nSPS) is 19.7. The van der Waals surface area contributed by atoms with Crippen molar-refractivity contribution in [2.45, 2.75) is 19.3 Å². The first-order valence-corrected chi connectivity index (χ1v) is 7.19. The highest BCUT2D eigenvalue weighted by Gasteiger charge is 2.23. The predicted octanol–water partition coefficient (Wildman–Crippen LogP) is 2.21. The molecule has 1 aromatic heterocycles. The number of nitrogens with two attached hydrogens (primary N) is 1. The number of nitrogen functional groups attached to an aromatic ring is 1. The second kappa shape index (κ2) is 6.90. The monoisotopic (exact) mass is 297 g/mol. The number of halogens is 1. The van der Waals surface area contributed by atoms with E-state index in [0.29, 0.717) is 29.7 Å². The van der Waals surface area contributed by atoms with Crippen LogP contribution in [0.1, 0.15) is 29.6 Å². The van der Waals surface area contributed by atoms with E-state index >= 15 is 0 Å². The smallest absolute Gasteiger partial charge is 0.255 e. The molecule has 1 amide bonds. The van der Waals surface area contributed by atoms with Gasteiger partial charge in [-0.05, 0) is 24.8 Å². The minimum Gasteiger partial charge on any atom is -0.384 e. The van der Waals surface area contributed by atoms with E-state index in [1.54, 1.807) is 13.2 Å². The molecule has 1 aliphatic heterocycles. The number of ether oxygens (including phenoxy) is 1. The molecule has 0 radical (unpaired) electrons. The zero-order valence-corrected chi connectivity index (χ0v) is 12.4. The van der Waals surface area contributed by atoms with E-state index in [-0.39, 0.29) is 11.7 Å². The van der Waals surface area contributed by atoms with Crippen molar-refractivity contribution in [3.05, 3.63) is 22.8 Å². The fourth-order valence-corrected chi connectivity index (χ4v) is 2.70. The Morgan fingerprint density at radius 2 is 2.40 bits per heavy atom. The number of hydrogen-bond acceptors (Lipinski definition) is 4. The molecule has 110 valence electrons. The number of amides is 1. The average Bonchev–Trinajstić information content (AvgIpc) is 2.67. The van der Waals surface area contributed by atoms with E-state index < -0.39 is 0 Å². The Hall–Kier alpha value is -1.33. The Balaban J connectivity index is 2.11. The summed E-state index contributed by atoms with van der Waals surface area (Å²) in [5, 5.41) is 0.319. The largest absolute Gasteiger partial charge is 0.384 e. The molecule has 1 atom stereocenters. The van der Waals surface area contributed by atoms with Crippen LogP contribution in [0.15, 0.2) is 12.3 Å². The zero-order valence-electron chi connectivity index (χ0n) is 11.6. The lowest BCUT2D eigenvalue weighted by Gasteiger charge is -2.24. The van der Waals surface area contributed by atoms with Gasteiger partial charge in [-0.3, -0.25) is 4.79 Å². The molecule has 2 N–H and O–H groups in total. The third-order valence-corrected chi connectivity index (χ3v) is 3.88. The van der Waals surface area contributed by atoms with Crippen LogP contribution in [0.25, 0.3) is 0 Å². The summed E-state index contributed by atoms with van der Waals surface area (Å²) < 4.78 is 5.22. The maximum Gasteiger partial charge on any atom is 0.255 e. The first-order chi connectivity index (χ1) is 9.61. The maximum absolute atomic E-state index is 12.5. The van der Waals surface area contributed by atoms with Crippen LogP contribution in [0.2, 0.25) is 5.02 Å². The van der Waals surface area contributed by atoms with Gasteiger partial charge in [-0.1, -0.05) is 18.0 Å². The quantitative estimate of drug-likeness (QED) is 0.929. The van der Waals surface area contributed by atoms with Crippen LogP contribution in [-0.4, -0.2) is 42.6 Å². The lowest BCUT2D eigenvalue weighted by molar-refractivity contribution is 0.0696. The SMILES string of the molecule is COCC1CCCCN(C(=O)c2cnc(N)c(Cl)c2)C1. The van der Waals surface area contributed by atoms with Crippen molar-refractivity contribution < 1.29 is 9.53 Å². The minimum absolute atomic E-state index is 0.0394. The van der Waals surface area contributed by atoms with Crippen LogP contribution in [0.3, 0.4) is 0 Å². The number of hydrogen-bond donors (Lipinski definition) is 1. The van der Waals surface area contributed by atoms with Gasteiger partial charge >= 0.3 is 0 Å². The molecule has 2 rings (SSSR count). The fraction of sp³-hybridized carbons (Fsp3) is 0.571. The molecule has 6 heteroatoms. The maximum atomic E-state index is 12.5. The van der Waals surface area contributed by atoms with Gasteiger partial charge < -0.3 is 15.4 Å². The van der Waals surface area contributed by atoms with Crippen LogP contribution in [-0.2, 0) is 4.74 Å². The predicted molar refractivity (Wildman–Crippen MR) is 78.8 cm³/mol. The van der Waals surface area contributed by atoms with Gasteiger partial charge in [0.25, 0.3) is 5.91 Å². The van der Waals surface area contributed by atoms with Gasteiger partial charge in [-0.2, -0.15) is 0 Å². The molecule has 0 aliphatic carbocycles. The van der Waals surface area contributed by atoms with Crippen molar-refractivity contribution in [3.8, 4) is 0 Å². The highest BCUT2D eigenvalue weighted by atomic mass is 35.5. The number of anilines is 1. The van der Waals surface area contributed by atoms with Crippen LogP contribution in [0.5, 0.6) is 0 Å². The second-order valence-corrected chi connectivity index (χ2v) is 5.57. The highest BCUT2D eigenvalue weighted by molar-refractivity contribution is 6.33. The molecule has 0 aromatic carbocycles. The third-order valence-electron chi connectivity index (χ3n) is 3.58. The van der Waals surface area contributed by atoms with Crippen LogP contribution in [0, 0.1) is 5.92 Å². The van der Waals surface area contributed by atoms with Crippen molar-refractivity contribution in [2.75, 3.05) is 32.5 Å². The van der Waals surface area contributed by atoms with E-state index in [4.69, 9.17) is 22.1 Å². The molecule has 1 saturated heterocycles. The van der Waals surface area contributed by atoms with Crippen molar-refractivity contribution in [3.63, 3.8) is 0 Å². The van der Waals surface area contributed by atoms with E-state index in [1.165, 1.54) is 6.20 Å². The standard InChI is InChI=1S/C14H20ClN3O2/c1-20-9-10-4-2-3-5-18(8-10)14(19)11-6-12(15)13(16)17-7-11/h6-7,10H,2-5,8-9H2,1H3,(H2,16,17). The number of aromatic nitrogens is 1. The van der Waals surface area contributed by atoms with Crippen LogP contribution < -0.4 is 5.73 Å². The Bertz CT molecular complexity index is 481. The number of likely N-dealkylation sites (tertiary alicyclic amines) is 1. The summed E-state index contributed by atoms with van der Waals surface area (Å²) in [7, 11) is 1.70. The number of rotatable bonds is 3. The molecular formula is C14H20ClN3O2. The molecule has 1 aromatic rings. The van der Waals surface area contributed by atoms with Crippen LogP contribution in [0.4, 0.5) is 5.82 Å². The molecule has 0 spiro atoms. The van der Waals surface area contributed by atoms with Gasteiger partial charge in [0, 0.05) is 26.4 Å². The summed E-state index contributed by atoms with van der Waals surface area (Å²) in [6.07, 6.45) is 4.72. The van der Waals surface area contributed by atoms with Gasteiger partial charge in [0.05, 0.1) is 17.2 Å². The number of methoxy groups -OCH3 is 1. The lowest BCUT2D eigenvalue weighted by atomic mass is 10.0. The molecule has 0 saturated carbocycles. The van der Waals surface area contributed by atoms with Crippen molar-refractivity contribution in [2.24, 2.45) is 5.92 Å². The molecular weight excluding hydrogens is 278 g/mol. The topological polar surface area (TPSA) is 68.5 Å². The first kappa shape index (κ1) is 15.1. The van der Waals surface area contributed by atoms with Crippen molar-refractivity contribution in [1.82, 2.24) is 9.88 Å². The summed E-state index contributed by atoms with van der Waals surface area (Å²) in [5.41, 5.74) is 6.06. The number of carbonyl (C=O) groups is 1. The second-order valence-electron chi connectivity index (χ2n) is 5.16. The first-order valence-electron chi connectivity index (χ1n) is 6.81. The number of carbonyl (C=O) groups excluding carboxylic acids is 1. The summed E-state index contributed by atoms with van der Waals surface area (Å²) in [4.78, 5) is 18.3. The van der Waals surface area contributed by atoms with E-state index in [2.05, 4.69) is 4.98 Å². The zero-order chi connectivity index (χ0) is 14.5. The van der Waals surface area contributed by atoms with Gasteiger partial charge in [-0.15, -0.1) is 0 Å². The molecule has 20 heavy (non-hydrogen) atoms. The Labute approximate surface area is 124 Å². The Morgan fingerprint density at radius 1 is 1.60 bits per heavy atom. The minimum atomic E-state index is -0.0394. The molecule has 1 unspecified atom stereocenters. The Morgan fingerprint density at radius 3 is 3.10 bits per heavy atom. The van der Waals surface area contributed by atoms with Gasteiger partial charge in [-0.25, -0.2) is 4.98 Å². The van der Waals surface area contributed by atoms with E-state index in [0.717, 1.165) is 25.8 Å². The molecule has 1 aliphatic rings.